The van der Waals surface area contributed by atoms with Crippen molar-refractivity contribution in [1.82, 2.24) is 0 Å². The molecule has 15 heavy (non-hydrogen) atoms. The van der Waals surface area contributed by atoms with Gasteiger partial charge in [0.25, 0.3) is 6.43 Å². The van der Waals surface area contributed by atoms with E-state index in [2.05, 4.69) is 15.9 Å². The standard InChI is InChI=1S/C11H14BrF2N/c1-8-5-9(6-12)3-4-10(8)15(2)7-11(13)14/h3-5,11H,6-7H2,1-2H3. The van der Waals surface area contributed by atoms with Gasteiger partial charge in [-0.3, -0.25) is 0 Å². The molecule has 0 unspecified atom stereocenters. The van der Waals surface area contributed by atoms with Gasteiger partial charge in [0.05, 0.1) is 6.54 Å². The van der Waals surface area contributed by atoms with E-state index in [1.54, 1.807) is 11.9 Å². The molecule has 0 radical (unpaired) electrons. The molecule has 1 aromatic rings. The van der Waals surface area contributed by atoms with Crippen molar-refractivity contribution in [3.05, 3.63) is 29.3 Å². The van der Waals surface area contributed by atoms with Crippen molar-refractivity contribution in [2.45, 2.75) is 18.7 Å². The Labute approximate surface area is 97.2 Å². The van der Waals surface area contributed by atoms with E-state index >= 15 is 0 Å². The second-order valence-corrected chi connectivity index (χ2v) is 4.09. The van der Waals surface area contributed by atoms with E-state index in [9.17, 15) is 8.78 Å². The minimum Gasteiger partial charge on any atom is -0.369 e. The summed E-state index contributed by atoms with van der Waals surface area (Å²) in [7, 11) is 1.68. The molecule has 0 aromatic heterocycles. The minimum atomic E-state index is -2.30. The molecule has 0 bridgehead atoms. The number of nitrogens with zero attached hydrogens (tertiary/aromatic N) is 1. The lowest BCUT2D eigenvalue weighted by Crippen LogP contribution is -2.24. The van der Waals surface area contributed by atoms with Gasteiger partial charge < -0.3 is 4.90 Å². The number of hydrogen-bond acceptors (Lipinski definition) is 1. The first-order chi connectivity index (χ1) is 7.04. The van der Waals surface area contributed by atoms with Gasteiger partial charge >= 0.3 is 0 Å². The highest BCUT2D eigenvalue weighted by atomic mass is 79.9. The first-order valence-electron chi connectivity index (χ1n) is 4.69. The summed E-state index contributed by atoms with van der Waals surface area (Å²) < 4.78 is 24.4. The van der Waals surface area contributed by atoms with Crippen LogP contribution < -0.4 is 4.90 Å². The first kappa shape index (κ1) is 12.4. The van der Waals surface area contributed by atoms with Gasteiger partial charge in [0.1, 0.15) is 0 Å². The molecule has 1 rings (SSSR count). The number of anilines is 1. The van der Waals surface area contributed by atoms with E-state index in [1.807, 2.05) is 25.1 Å². The Morgan fingerprint density at radius 2 is 2.07 bits per heavy atom. The maximum absolute atomic E-state index is 12.2. The molecule has 0 saturated heterocycles. The van der Waals surface area contributed by atoms with E-state index in [4.69, 9.17) is 0 Å². The topological polar surface area (TPSA) is 3.24 Å². The fraction of sp³-hybridized carbons (Fsp3) is 0.455. The average Bonchev–Trinajstić information content (AvgIpc) is 2.16. The molecule has 0 fully saturated rings. The van der Waals surface area contributed by atoms with Crippen LogP contribution in [0.25, 0.3) is 0 Å². The summed E-state index contributed by atoms with van der Waals surface area (Å²) in [5.74, 6) is 0. The summed E-state index contributed by atoms with van der Waals surface area (Å²) in [5.41, 5.74) is 3.04. The molecule has 84 valence electrons. The molecular weight excluding hydrogens is 264 g/mol. The lowest BCUT2D eigenvalue weighted by atomic mass is 10.1. The number of halogens is 3. The Kier molecular flexibility index (Phi) is 4.51. The van der Waals surface area contributed by atoms with E-state index in [0.717, 1.165) is 22.1 Å². The smallest absolute Gasteiger partial charge is 0.255 e. The van der Waals surface area contributed by atoms with Gasteiger partial charge in [-0.05, 0) is 24.1 Å². The van der Waals surface area contributed by atoms with Gasteiger partial charge in [0, 0.05) is 18.1 Å². The predicted molar refractivity (Wildman–Crippen MR) is 63.1 cm³/mol. The zero-order valence-corrected chi connectivity index (χ0v) is 10.4. The van der Waals surface area contributed by atoms with Crippen LogP contribution in [-0.2, 0) is 5.33 Å². The molecule has 1 nitrogen and oxygen atoms in total. The Morgan fingerprint density at radius 1 is 1.40 bits per heavy atom. The maximum Gasteiger partial charge on any atom is 0.255 e. The van der Waals surface area contributed by atoms with Crippen molar-refractivity contribution >= 4 is 21.6 Å². The third kappa shape index (κ3) is 3.45. The van der Waals surface area contributed by atoms with Crippen LogP contribution in [0.3, 0.4) is 0 Å². The fourth-order valence-corrected chi connectivity index (χ4v) is 1.88. The zero-order chi connectivity index (χ0) is 11.4. The SMILES string of the molecule is Cc1cc(CBr)ccc1N(C)CC(F)F. The van der Waals surface area contributed by atoms with Crippen molar-refractivity contribution in [2.75, 3.05) is 18.5 Å². The van der Waals surface area contributed by atoms with Crippen LogP contribution in [0.1, 0.15) is 11.1 Å². The molecule has 0 amide bonds. The highest BCUT2D eigenvalue weighted by Gasteiger charge is 2.10. The third-order valence-electron chi connectivity index (χ3n) is 2.24. The van der Waals surface area contributed by atoms with Crippen molar-refractivity contribution < 1.29 is 8.78 Å². The molecule has 1 aromatic carbocycles. The van der Waals surface area contributed by atoms with E-state index in [-0.39, 0.29) is 6.54 Å². The number of aryl methyl sites for hydroxylation is 1. The average molecular weight is 278 g/mol. The normalized spacial score (nSPS) is 10.8. The van der Waals surface area contributed by atoms with Crippen LogP contribution in [0, 0.1) is 6.92 Å². The predicted octanol–water partition coefficient (Wildman–Crippen LogP) is 3.59. The van der Waals surface area contributed by atoms with Crippen LogP contribution in [0.2, 0.25) is 0 Å². The van der Waals surface area contributed by atoms with Gasteiger partial charge in [-0.25, -0.2) is 8.78 Å². The molecule has 4 heteroatoms. The summed E-state index contributed by atoms with van der Waals surface area (Å²) in [6.07, 6.45) is -2.30. The van der Waals surface area contributed by atoms with Gasteiger partial charge in [0.2, 0.25) is 0 Å². The second kappa shape index (κ2) is 5.45. The zero-order valence-electron chi connectivity index (χ0n) is 8.80. The van der Waals surface area contributed by atoms with E-state index < -0.39 is 6.43 Å². The van der Waals surface area contributed by atoms with E-state index in [0.29, 0.717) is 0 Å². The number of alkyl halides is 3. The van der Waals surface area contributed by atoms with Crippen molar-refractivity contribution in [3.63, 3.8) is 0 Å². The molecule has 0 aliphatic heterocycles. The Balaban J connectivity index is 2.85. The molecule has 0 spiro atoms. The molecule has 0 N–H and O–H groups in total. The first-order valence-corrected chi connectivity index (χ1v) is 5.81. The number of benzene rings is 1. The third-order valence-corrected chi connectivity index (χ3v) is 2.89. The highest BCUT2D eigenvalue weighted by molar-refractivity contribution is 9.08. The molecule has 0 atom stereocenters. The summed E-state index contributed by atoms with van der Waals surface area (Å²) in [4.78, 5) is 1.58. The molecule has 0 aliphatic carbocycles. The van der Waals surface area contributed by atoms with Crippen molar-refractivity contribution in [2.24, 2.45) is 0 Å². The minimum absolute atomic E-state index is 0.228. The van der Waals surface area contributed by atoms with Crippen LogP contribution in [0.15, 0.2) is 18.2 Å². The quantitative estimate of drug-likeness (QED) is 0.761. The molecular formula is C11H14BrF2N. The van der Waals surface area contributed by atoms with Gasteiger partial charge in [-0.15, -0.1) is 0 Å². The summed E-state index contributed by atoms with van der Waals surface area (Å²) >= 11 is 3.36. The largest absolute Gasteiger partial charge is 0.369 e. The van der Waals surface area contributed by atoms with Crippen molar-refractivity contribution in [3.8, 4) is 0 Å². The van der Waals surface area contributed by atoms with Gasteiger partial charge in [-0.2, -0.15) is 0 Å². The lowest BCUT2D eigenvalue weighted by Gasteiger charge is -2.21. The lowest BCUT2D eigenvalue weighted by molar-refractivity contribution is 0.156. The Hall–Kier alpha value is -0.640. The van der Waals surface area contributed by atoms with Gasteiger partial charge in [0.15, 0.2) is 0 Å². The van der Waals surface area contributed by atoms with Crippen LogP contribution in [0.5, 0.6) is 0 Å². The van der Waals surface area contributed by atoms with Crippen LogP contribution >= 0.6 is 15.9 Å². The second-order valence-electron chi connectivity index (χ2n) is 3.53. The number of rotatable bonds is 4. The number of hydrogen-bond donors (Lipinski definition) is 0. The van der Waals surface area contributed by atoms with Gasteiger partial charge in [-0.1, -0.05) is 28.1 Å². The van der Waals surface area contributed by atoms with E-state index in [1.165, 1.54) is 0 Å². The summed E-state index contributed by atoms with van der Waals surface area (Å²) in [6.45, 7) is 1.71. The monoisotopic (exact) mass is 277 g/mol. The van der Waals surface area contributed by atoms with Crippen LogP contribution in [-0.4, -0.2) is 20.0 Å². The van der Waals surface area contributed by atoms with Crippen LogP contribution in [0.4, 0.5) is 14.5 Å². The Bertz CT molecular complexity index is 328. The Morgan fingerprint density at radius 3 is 2.53 bits per heavy atom. The highest BCUT2D eigenvalue weighted by Crippen LogP contribution is 2.21. The molecule has 0 heterocycles. The maximum atomic E-state index is 12.2. The summed E-state index contributed by atoms with van der Waals surface area (Å²) in [6, 6.07) is 5.83. The molecule has 0 saturated carbocycles. The summed E-state index contributed by atoms with van der Waals surface area (Å²) in [5, 5.41) is 0.784. The molecule has 0 aliphatic rings. The fourth-order valence-electron chi connectivity index (χ4n) is 1.53. The van der Waals surface area contributed by atoms with Crippen molar-refractivity contribution in [1.29, 1.82) is 0 Å².